The molecule has 18 heavy (non-hydrogen) atoms. The number of hydrogen-bond acceptors (Lipinski definition) is 3. The van der Waals surface area contributed by atoms with E-state index in [-0.39, 0.29) is 17.8 Å². The van der Waals surface area contributed by atoms with Crippen LogP contribution in [0.25, 0.3) is 0 Å². The van der Waals surface area contributed by atoms with Gasteiger partial charge in [0.25, 0.3) is 0 Å². The van der Waals surface area contributed by atoms with E-state index in [0.717, 1.165) is 25.7 Å². The number of carbonyl (C=O) groups is 1. The maximum atomic E-state index is 11.3. The fourth-order valence-corrected chi connectivity index (χ4v) is 2.39. The molecule has 1 aromatic heterocycles. The van der Waals surface area contributed by atoms with Gasteiger partial charge in [0, 0.05) is 6.04 Å². The Morgan fingerprint density at radius 3 is 2.67 bits per heavy atom. The molecule has 0 aromatic carbocycles. The molecule has 1 saturated carbocycles. The quantitative estimate of drug-likeness (QED) is 0.894. The number of carboxylic acid groups (broad SMARTS) is 1. The molecule has 0 amide bonds. The van der Waals surface area contributed by atoms with Crippen LogP contribution in [0.4, 0.5) is 0 Å². The summed E-state index contributed by atoms with van der Waals surface area (Å²) in [5, 5.41) is 13.4. The Morgan fingerprint density at radius 2 is 2.11 bits per heavy atom. The normalized spacial score (nSPS) is 17.1. The van der Waals surface area contributed by atoms with Crippen molar-refractivity contribution in [2.75, 3.05) is 0 Å². The van der Waals surface area contributed by atoms with Gasteiger partial charge in [0.05, 0.1) is 12.3 Å². The monoisotopic (exact) mass is 252 g/mol. The summed E-state index contributed by atoms with van der Waals surface area (Å²) in [6.45, 7) is 3.81. The molecule has 0 saturated heterocycles. The highest BCUT2D eigenvalue weighted by Gasteiger charge is 2.24. The van der Waals surface area contributed by atoms with Crippen LogP contribution in [0.2, 0.25) is 0 Å². The topological polar surface area (TPSA) is 64.4 Å². The van der Waals surface area contributed by atoms with Crippen LogP contribution in [0.1, 0.15) is 62.5 Å². The zero-order chi connectivity index (χ0) is 13.1. The van der Waals surface area contributed by atoms with Crippen LogP contribution in [0.15, 0.2) is 6.20 Å². The lowest BCUT2D eigenvalue weighted by atomic mass is 9.98. The van der Waals surface area contributed by atoms with E-state index in [1.807, 2.05) is 13.8 Å². The highest BCUT2D eigenvalue weighted by atomic mass is 16.5. The first-order valence-electron chi connectivity index (χ1n) is 6.57. The van der Waals surface area contributed by atoms with Crippen LogP contribution in [-0.4, -0.2) is 27.0 Å². The average Bonchev–Trinajstić information content (AvgIpc) is 2.74. The smallest absolute Gasteiger partial charge is 0.358 e. The summed E-state index contributed by atoms with van der Waals surface area (Å²) in [6, 6.07) is 0.0137. The third-order valence-corrected chi connectivity index (χ3v) is 3.30. The summed E-state index contributed by atoms with van der Waals surface area (Å²) >= 11 is 0. The SMILES string of the molecule is CC(C)n1ncc(OC2CCCCC2)c1C(=O)O. The number of rotatable bonds is 4. The molecule has 1 heterocycles. The van der Waals surface area contributed by atoms with Crippen LogP contribution in [0.3, 0.4) is 0 Å². The van der Waals surface area contributed by atoms with Gasteiger partial charge in [0.2, 0.25) is 0 Å². The van der Waals surface area contributed by atoms with Crippen LogP contribution < -0.4 is 4.74 Å². The number of aromatic nitrogens is 2. The minimum absolute atomic E-state index is 0.0137. The second-order valence-corrected chi connectivity index (χ2v) is 5.08. The van der Waals surface area contributed by atoms with E-state index in [9.17, 15) is 9.90 Å². The molecule has 0 unspecified atom stereocenters. The molecule has 0 aliphatic heterocycles. The van der Waals surface area contributed by atoms with Crippen LogP contribution in [0, 0.1) is 0 Å². The third kappa shape index (κ3) is 2.66. The van der Waals surface area contributed by atoms with Crippen LogP contribution >= 0.6 is 0 Å². The molecule has 100 valence electrons. The minimum atomic E-state index is -0.980. The van der Waals surface area contributed by atoms with Gasteiger partial charge in [-0.05, 0) is 39.5 Å². The highest BCUT2D eigenvalue weighted by Crippen LogP contribution is 2.27. The van der Waals surface area contributed by atoms with E-state index in [0.29, 0.717) is 5.75 Å². The summed E-state index contributed by atoms with van der Waals surface area (Å²) in [7, 11) is 0. The van der Waals surface area contributed by atoms with Gasteiger partial charge in [-0.3, -0.25) is 4.68 Å². The first-order valence-corrected chi connectivity index (χ1v) is 6.57. The number of carboxylic acids is 1. The van der Waals surface area contributed by atoms with Gasteiger partial charge in [-0.1, -0.05) is 6.42 Å². The van der Waals surface area contributed by atoms with Crippen molar-refractivity contribution in [1.29, 1.82) is 0 Å². The zero-order valence-corrected chi connectivity index (χ0v) is 10.9. The fourth-order valence-electron chi connectivity index (χ4n) is 2.39. The maximum absolute atomic E-state index is 11.3. The fraction of sp³-hybridized carbons (Fsp3) is 0.692. The first kappa shape index (κ1) is 12.9. The molecular formula is C13H20N2O3. The Morgan fingerprint density at radius 1 is 1.44 bits per heavy atom. The van der Waals surface area contributed by atoms with E-state index in [4.69, 9.17) is 4.74 Å². The zero-order valence-electron chi connectivity index (χ0n) is 10.9. The van der Waals surface area contributed by atoms with Crippen molar-refractivity contribution in [3.8, 4) is 5.75 Å². The summed E-state index contributed by atoms with van der Waals surface area (Å²) < 4.78 is 7.31. The molecular weight excluding hydrogens is 232 g/mol. The minimum Gasteiger partial charge on any atom is -0.486 e. The molecule has 1 N–H and O–H groups in total. The Balaban J connectivity index is 2.19. The summed E-state index contributed by atoms with van der Waals surface area (Å²) in [4.78, 5) is 11.3. The molecule has 2 rings (SSSR count). The highest BCUT2D eigenvalue weighted by molar-refractivity contribution is 5.88. The van der Waals surface area contributed by atoms with E-state index in [2.05, 4.69) is 5.10 Å². The van der Waals surface area contributed by atoms with Gasteiger partial charge in [-0.15, -0.1) is 0 Å². The van der Waals surface area contributed by atoms with Crippen LogP contribution in [0.5, 0.6) is 5.75 Å². The van der Waals surface area contributed by atoms with Crippen molar-refractivity contribution in [2.45, 2.75) is 58.1 Å². The van der Waals surface area contributed by atoms with E-state index < -0.39 is 5.97 Å². The molecule has 1 aliphatic carbocycles. The lowest BCUT2D eigenvalue weighted by Gasteiger charge is -2.22. The summed E-state index contributed by atoms with van der Waals surface area (Å²) in [5.41, 5.74) is 0.163. The van der Waals surface area contributed by atoms with Crippen molar-refractivity contribution in [2.24, 2.45) is 0 Å². The molecule has 0 bridgehead atoms. The van der Waals surface area contributed by atoms with E-state index in [1.54, 1.807) is 0 Å². The van der Waals surface area contributed by atoms with Crippen molar-refractivity contribution < 1.29 is 14.6 Å². The Hall–Kier alpha value is -1.52. The number of hydrogen-bond donors (Lipinski definition) is 1. The lowest BCUT2D eigenvalue weighted by Crippen LogP contribution is -2.21. The second kappa shape index (κ2) is 5.42. The predicted molar refractivity (Wildman–Crippen MR) is 67.1 cm³/mol. The molecule has 0 spiro atoms. The van der Waals surface area contributed by atoms with Gasteiger partial charge < -0.3 is 9.84 Å². The number of ether oxygens (including phenoxy) is 1. The van der Waals surface area contributed by atoms with Crippen molar-refractivity contribution in [3.63, 3.8) is 0 Å². The van der Waals surface area contributed by atoms with E-state index >= 15 is 0 Å². The maximum Gasteiger partial charge on any atom is 0.358 e. The summed E-state index contributed by atoms with van der Waals surface area (Å²) in [5.74, 6) is -0.574. The predicted octanol–water partition coefficient (Wildman–Crippen LogP) is 2.87. The van der Waals surface area contributed by atoms with Crippen molar-refractivity contribution in [3.05, 3.63) is 11.9 Å². The Kier molecular flexibility index (Phi) is 3.89. The third-order valence-electron chi connectivity index (χ3n) is 3.30. The van der Waals surface area contributed by atoms with Gasteiger partial charge in [0.15, 0.2) is 11.4 Å². The summed E-state index contributed by atoms with van der Waals surface area (Å²) in [6.07, 6.45) is 7.24. The van der Waals surface area contributed by atoms with E-state index in [1.165, 1.54) is 17.3 Å². The van der Waals surface area contributed by atoms with Crippen molar-refractivity contribution in [1.82, 2.24) is 9.78 Å². The Bertz CT molecular complexity index is 420. The molecule has 5 heteroatoms. The molecule has 1 fully saturated rings. The van der Waals surface area contributed by atoms with Gasteiger partial charge >= 0.3 is 5.97 Å². The average molecular weight is 252 g/mol. The first-order chi connectivity index (χ1) is 8.59. The molecule has 1 aliphatic rings. The number of nitrogens with zero attached hydrogens (tertiary/aromatic N) is 2. The van der Waals surface area contributed by atoms with Gasteiger partial charge in [-0.25, -0.2) is 4.79 Å². The van der Waals surface area contributed by atoms with Crippen LogP contribution in [-0.2, 0) is 0 Å². The molecule has 1 aromatic rings. The van der Waals surface area contributed by atoms with Crippen molar-refractivity contribution >= 4 is 5.97 Å². The largest absolute Gasteiger partial charge is 0.486 e. The van der Waals surface area contributed by atoms with Gasteiger partial charge in [-0.2, -0.15) is 5.10 Å². The number of aromatic carboxylic acids is 1. The molecule has 5 nitrogen and oxygen atoms in total. The van der Waals surface area contributed by atoms with Gasteiger partial charge in [0.1, 0.15) is 0 Å². The lowest BCUT2D eigenvalue weighted by molar-refractivity contribution is 0.0669. The molecule has 0 atom stereocenters. The Labute approximate surface area is 107 Å². The standard InChI is InChI=1S/C13H20N2O3/c1-9(2)15-12(13(16)17)11(8-14-15)18-10-6-4-3-5-7-10/h8-10H,3-7H2,1-2H3,(H,16,17). The molecule has 0 radical (unpaired) electrons. The second-order valence-electron chi connectivity index (χ2n) is 5.08.